The Morgan fingerprint density at radius 2 is 0.623 bits per heavy atom. The summed E-state index contributed by atoms with van der Waals surface area (Å²) in [4.78, 5) is 28.7. The molecule has 0 aliphatic heterocycles. The standard InChI is InChI=1S/C55H108O5S/c1-8-13-18-23-29-36-43-50(41-34-21-16-11-4)54(56)59-52(45-38-31-25-20-15-10-3)53(46-39-32-27-26-28-33-40-47-61-58-48-49(6)7)60-55(57)51(42-35-22-17-12-5)44-37-30-24-19-14-9-2/h49-53H,8-48H2,1-7H3/t50?,51?,52-,53+/m0/s1. The predicted octanol–water partition coefficient (Wildman–Crippen LogP) is 18.7. The second kappa shape index (κ2) is 47.2. The predicted molar refractivity (Wildman–Crippen MR) is 268 cm³/mol. The number of rotatable bonds is 49. The van der Waals surface area contributed by atoms with Gasteiger partial charge in [0.2, 0.25) is 0 Å². The maximum atomic E-state index is 14.4. The van der Waals surface area contributed by atoms with E-state index in [-0.39, 0.29) is 36.0 Å². The first-order chi connectivity index (χ1) is 29.8. The van der Waals surface area contributed by atoms with Gasteiger partial charge in [0.15, 0.2) is 0 Å². The molecule has 0 amide bonds. The van der Waals surface area contributed by atoms with Crippen LogP contribution in [0, 0.1) is 17.8 Å². The third-order valence-electron chi connectivity index (χ3n) is 12.8. The largest absolute Gasteiger partial charge is 0.458 e. The van der Waals surface area contributed by atoms with Crippen molar-refractivity contribution in [2.75, 3.05) is 12.4 Å². The fraction of sp³-hybridized carbons (Fsp3) is 0.964. The highest BCUT2D eigenvalue weighted by Gasteiger charge is 2.33. The fourth-order valence-corrected chi connectivity index (χ4v) is 9.44. The van der Waals surface area contributed by atoms with Crippen molar-refractivity contribution in [2.45, 2.75) is 311 Å². The van der Waals surface area contributed by atoms with E-state index in [1.807, 2.05) is 0 Å². The van der Waals surface area contributed by atoms with E-state index in [2.05, 4.69) is 48.5 Å². The molecule has 0 aromatic heterocycles. The van der Waals surface area contributed by atoms with E-state index < -0.39 is 0 Å². The highest BCUT2D eigenvalue weighted by Crippen LogP contribution is 2.28. The summed E-state index contributed by atoms with van der Waals surface area (Å²) in [6, 6.07) is 0. The van der Waals surface area contributed by atoms with E-state index in [9.17, 15) is 9.59 Å². The van der Waals surface area contributed by atoms with Gasteiger partial charge in [-0.3, -0.25) is 9.59 Å². The van der Waals surface area contributed by atoms with E-state index in [1.165, 1.54) is 161 Å². The van der Waals surface area contributed by atoms with Crippen molar-refractivity contribution in [3.63, 3.8) is 0 Å². The van der Waals surface area contributed by atoms with Gasteiger partial charge in [0.05, 0.1) is 18.4 Å². The summed E-state index contributed by atoms with van der Waals surface area (Å²) < 4.78 is 19.1. The van der Waals surface area contributed by atoms with Gasteiger partial charge in [-0.25, -0.2) is 0 Å². The first-order valence-electron chi connectivity index (χ1n) is 27.5. The minimum Gasteiger partial charge on any atom is -0.458 e. The summed E-state index contributed by atoms with van der Waals surface area (Å²) in [7, 11) is 0. The lowest BCUT2D eigenvalue weighted by atomic mass is 9.93. The molecular weight excluding hydrogens is 773 g/mol. The molecule has 0 aliphatic carbocycles. The van der Waals surface area contributed by atoms with E-state index in [1.54, 1.807) is 12.0 Å². The highest BCUT2D eigenvalue weighted by atomic mass is 32.2. The number of hydrogen-bond acceptors (Lipinski definition) is 6. The van der Waals surface area contributed by atoms with Crippen LogP contribution in [0.1, 0.15) is 299 Å². The van der Waals surface area contributed by atoms with Crippen LogP contribution >= 0.6 is 12.0 Å². The van der Waals surface area contributed by atoms with E-state index >= 15 is 0 Å². The van der Waals surface area contributed by atoms with Crippen molar-refractivity contribution in [2.24, 2.45) is 17.8 Å². The lowest BCUT2D eigenvalue weighted by Gasteiger charge is -2.30. The second-order valence-corrected chi connectivity index (χ2v) is 20.4. The summed E-state index contributed by atoms with van der Waals surface area (Å²) in [5.41, 5.74) is 0. The van der Waals surface area contributed by atoms with Gasteiger partial charge in [0, 0.05) is 5.75 Å². The third-order valence-corrected chi connectivity index (χ3v) is 13.5. The molecule has 0 rings (SSSR count). The number of ether oxygens (including phenoxy) is 2. The van der Waals surface area contributed by atoms with Crippen LogP contribution in [0.4, 0.5) is 0 Å². The Morgan fingerprint density at radius 1 is 0.361 bits per heavy atom. The average molecular weight is 882 g/mol. The van der Waals surface area contributed by atoms with Crippen LogP contribution < -0.4 is 0 Å². The molecule has 0 bridgehead atoms. The van der Waals surface area contributed by atoms with Gasteiger partial charge < -0.3 is 13.7 Å². The van der Waals surface area contributed by atoms with Crippen LogP contribution in [0.2, 0.25) is 0 Å². The highest BCUT2D eigenvalue weighted by molar-refractivity contribution is 7.94. The Bertz CT molecular complexity index is 911. The zero-order valence-corrected chi connectivity index (χ0v) is 43.1. The van der Waals surface area contributed by atoms with Crippen molar-refractivity contribution < 1.29 is 23.2 Å². The van der Waals surface area contributed by atoms with Crippen molar-refractivity contribution in [3.05, 3.63) is 0 Å². The summed E-state index contributed by atoms with van der Waals surface area (Å²) >= 11 is 1.63. The van der Waals surface area contributed by atoms with Gasteiger partial charge in [-0.15, -0.1) is 0 Å². The van der Waals surface area contributed by atoms with Crippen LogP contribution in [-0.2, 0) is 23.2 Å². The van der Waals surface area contributed by atoms with Crippen molar-refractivity contribution in [3.8, 4) is 0 Å². The molecule has 6 heteroatoms. The van der Waals surface area contributed by atoms with Gasteiger partial charge >= 0.3 is 11.9 Å². The monoisotopic (exact) mass is 881 g/mol. The molecule has 5 nitrogen and oxygen atoms in total. The number of hydrogen-bond donors (Lipinski definition) is 0. The normalized spacial score (nSPS) is 13.7. The number of carbonyl (C=O) groups excluding carboxylic acids is 2. The first kappa shape index (κ1) is 60.2. The van der Waals surface area contributed by atoms with Crippen molar-refractivity contribution >= 4 is 24.0 Å². The molecule has 0 spiro atoms. The fourth-order valence-electron chi connectivity index (χ4n) is 8.63. The van der Waals surface area contributed by atoms with Gasteiger partial charge in [-0.05, 0) is 75.7 Å². The molecule has 0 saturated carbocycles. The molecule has 0 radical (unpaired) electrons. The Kier molecular flexibility index (Phi) is 46.6. The molecule has 2 unspecified atom stereocenters. The van der Waals surface area contributed by atoms with Crippen LogP contribution in [0.5, 0.6) is 0 Å². The lowest BCUT2D eigenvalue weighted by Crippen LogP contribution is -2.38. The molecular formula is C55H108O5S. The molecule has 4 atom stereocenters. The van der Waals surface area contributed by atoms with Crippen LogP contribution in [0.15, 0.2) is 0 Å². The zero-order valence-electron chi connectivity index (χ0n) is 42.3. The summed E-state index contributed by atoms with van der Waals surface area (Å²) in [5.74, 6) is 1.53. The Balaban J connectivity index is 6.07. The van der Waals surface area contributed by atoms with Gasteiger partial charge in [-0.1, -0.05) is 241 Å². The summed E-state index contributed by atoms with van der Waals surface area (Å²) in [6.45, 7) is 16.5. The van der Waals surface area contributed by atoms with Gasteiger partial charge in [0.1, 0.15) is 12.2 Å². The average Bonchev–Trinajstić information content (AvgIpc) is 3.25. The quantitative estimate of drug-likeness (QED) is 0.0345. The summed E-state index contributed by atoms with van der Waals surface area (Å²) in [5, 5.41) is 0. The molecule has 0 heterocycles. The van der Waals surface area contributed by atoms with Crippen molar-refractivity contribution in [1.82, 2.24) is 0 Å². The SMILES string of the molecule is CCCCCCCCC(CCCCCC)C(=O)O[C@@H](CCCCCCCC)[C@@H](CCCCCCCCCSOCC(C)C)OC(=O)C(CCCCCC)CCCCCCCC. The number of unbranched alkanes of at least 4 members (excludes halogenated alkanes) is 27. The molecule has 364 valence electrons. The molecule has 0 aromatic rings. The van der Waals surface area contributed by atoms with E-state index in [4.69, 9.17) is 13.7 Å². The second-order valence-electron chi connectivity index (χ2n) is 19.5. The van der Waals surface area contributed by atoms with Gasteiger partial charge in [0.25, 0.3) is 0 Å². The number of carbonyl (C=O) groups is 2. The van der Waals surface area contributed by atoms with Crippen LogP contribution in [-0.4, -0.2) is 36.5 Å². The summed E-state index contributed by atoms with van der Waals surface area (Å²) in [6.07, 6.45) is 44.3. The van der Waals surface area contributed by atoms with E-state index in [0.717, 1.165) is 102 Å². The topological polar surface area (TPSA) is 61.8 Å². The molecule has 0 saturated heterocycles. The molecule has 0 N–H and O–H groups in total. The molecule has 0 aliphatic rings. The van der Waals surface area contributed by atoms with E-state index in [0.29, 0.717) is 5.92 Å². The minimum atomic E-state index is -0.354. The van der Waals surface area contributed by atoms with Crippen LogP contribution in [0.3, 0.4) is 0 Å². The Morgan fingerprint density at radius 3 is 0.934 bits per heavy atom. The van der Waals surface area contributed by atoms with Crippen molar-refractivity contribution in [1.29, 1.82) is 0 Å². The molecule has 0 fully saturated rings. The number of esters is 2. The minimum absolute atomic E-state index is 0.0157. The Labute approximate surface area is 386 Å². The Hall–Kier alpha value is -0.750. The lowest BCUT2D eigenvalue weighted by molar-refractivity contribution is -0.175. The third kappa shape index (κ3) is 39.4. The maximum absolute atomic E-state index is 14.4. The first-order valence-corrected chi connectivity index (χ1v) is 28.4. The smallest absolute Gasteiger partial charge is 0.309 e. The maximum Gasteiger partial charge on any atom is 0.309 e. The van der Waals surface area contributed by atoms with Gasteiger partial charge in [-0.2, -0.15) is 0 Å². The molecule has 61 heavy (non-hydrogen) atoms. The van der Waals surface area contributed by atoms with Crippen LogP contribution in [0.25, 0.3) is 0 Å². The molecule has 0 aromatic carbocycles. The zero-order chi connectivity index (χ0) is 44.9.